The van der Waals surface area contributed by atoms with Gasteiger partial charge in [0.15, 0.2) is 0 Å². The van der Waals surface area contributed by atoms with E-state index in [1.165, 1.54) is 0 Å². The fraction of sp³-hybridized carbons (Fsp3) is 0.556. The Kier molecular flexibility index (Phi) is 5.51. The van der Waals surface area contributed by atoms with Gasteiger partial charge < -0.3 is 10.5 Å². The number of aromatic nitrogens is 2. The maximum atomic E-state index is 5.55. The molecule has 0 saturated carbocycles. The fourth-order valence-corrected chi connectivity index (χ4v) is 1.83. The zero-order valence-electron chi connectivity index (χ0n) is 8.22. The van der Waals surface area contributed by atoms with Gasteiger partial charge >= 0.3 is 0 Å². The molecule has 1 atom stereocenters. The van der Waals surface area contributed by atoms with E-state index in [1.807, 2.05) is 13.0 Å². The first kappa shape index (κ1) is 11.4. The van der Waals surface area contributed by atoms with Crippen molar-refractivity contribution >= 4 is 11.8 Å². The Hall–Kier alpha value is -0.650. The highest BCUT2D eigenvalue weighted by Gasteiger charge is 2.06. The lowest BCUT2D eigenvalue weighted by Crippen LogP contribution is -2.26. The zero-order valence-corrected chi connectivity index (χ0v) is 9.04. The van der Waals surface area contributed by atoms with Crippen LogP contribution in [0.4, 0.5) is 0 Å². The minimum Gasteiger partial charge on any atom is -0.376 e. The molecule has 0 aliphatic heterocycles. The Balaban J connectivity index is 2.32. The van der Waals surface area contributed by atoms with Crippen molar-refractivity contribution in [2.45, 2.75) is 18.1 Å². The number of nitrogens with two attached hydrogens (primary N) is 1. The van der Waals surface area contributed by atoms with Gasteiger partial charge in [-0.25, -0.2) is 9.97 Å². The lowest BCUT2D eigenvalue weighted by molar-refractivity contribution is 0.0858. The van der Waals surface area contributed by atoms with E-state index in [0.29, 0.717) is 13.2 Å². The monoisotopic (exact) mass is 213 g/mol. The minimum atomic E-state index is 0.111. The van der Waals surface area contributed by atoms with Crippen molar-refractivity contribution in [1.82, 2.24) is 9.97 Å². The first-order valence-electron chi connectivity index (χ1n) is 4.57. The Morgan fingerprint density at radius 2 is 2.50 bits per heavy atom. The van der Waals surface area contributed by atoms with Gasteiger partial charge in [-0.05, 0) is 13.0 Å². The van der Waals surface area contributed by atoms with Crippen LogP contribution in [0.25, 0.3) is 0 Å². The molecule has 0 amide bonds. The molecule has 0 radical (unpaired) electrons. The van der Waals surface area contributed by atoms with Gasteiger partial charge in [0.2, 0.25) is 0 Å². The number of thioether (sulfide) groups is 1. The van der Waals surface area contributed by atoms with Crippen LogP contribution in [-0.2, 0) is 4.74 Å². The van der Waals surface area contributed by atoms with Gasteiger partial charge in [0, 0.05) is 25.1 Å². The van der Waals surface area contributed by atoms with E-state index < -0.39 is 0 Å². The molecule has 1 rings (SSSR count). The van der Waals surface area contributed by atoms with Crippen LogP contribution in [0.15, 0.2) is 23.6 Å². The highest BCUT2D eigenvalue weighted by atomic mass is 32.2. The Labute approximate surface area is 88.3 Å². The van der Waals surface area contributed by atoms with Crippen molar-refractivity contribution in [2.24, 2.45) is 5.73 Å². The van der Waals surface area contributed by atoms with E-state index in [9.17, 15) is 0 Å². The average Bonchev–Trinajstić information content (AvgIpc) is 2.25. The molecular formula is C9H15N3OS. The largest absolute Gasteiger partial charge is 0.376 e. The molecule has 0 aliphatic rings. The Bertz CT molecular complexity index is 245. The van der Waals surface area contributed by atoms with Crippen LogP contribution in [-0.4, -0.2) is 35.0 Å². The average molecular weight is 213 g/mol. The first-order valence-corrected chi connectivity index (χ1v) is 5.55. The number of hydrogen-bond acceptors (Lipinski definition) is 5. The van der Waals surface area contributed by atoms with Crippen molar-refractivity contribution in [1.29, 1.82) is 0 Å². The van der Waals surface area contributed by atoms with Crippen LogP contribution >= 0.6 is 11.8 Å². The first-order chi connectivity index (χ1) is 6.86. The zero-order chi connectivity index (χ0) is 10.2. The lowest BCUT2D eigenvalue weighted by atomic mass is 10.4. The SMILES string of the molecule is CCOC(CN)CSc1ccncn1. The molecule has 1 aromatic heterocycles. The summed E-state index contributed by atoms with van der Waals surface area (Å²) in [5.74, 6) is 0.835. The van der Waals surface area contributed by atoms with Crippen LogP contribution < -0.4 is 5.73 Å². The molecule has 0 spiro atoms. The standard InChI is InChI=1S/C9H15N3OS/c1-2-13-8(5-10)6-14-9-3-4-11-7-12-9/h3-4,7-8H,2,5-6,10H2,1H3. The van der Waals surface area contributed by atoms with Crippen LogP contribution in [0.5, 0.6) is 0 Å². The van der Waals surface area contributed by atoms with Crippen molar-refractivity contribution in [3.05, 3.63) is 18.6 Å². The van der Waals surface area contributed by atoms with E-state index in [-0.39, 0.29) is 6.10 Å². The van der Waals surface area contributed by atoms with Gasteiger partial charge in [-0.15, -0.1) is 11.8 Å². The normalized spacial score (nSPS) is 12.7. The molecule has 0 aromatic carbocycles. The molecule has 0 saturated heterocycles. The quantitative estimate of drug-likeness (QED) is 0.562. The van der Waals surface area contributed by atoms with Crippen molar-refractivity contribution in [3.8, 4) is 0 Å². The van der Waals surface area contributed by atoms with Gasteiger partial charge in [0.1, 0.15) is 6.33 Å². The third-order valence-electron chi connectivity index (χ3n) is 1.64. The summed E-state index contributed by atoms with van der Waals surface area (Å²) >= 11 is 1.64. The van der Waals surface area contributed by atoms with Crippen molar-refractivity contribution in [3.63, 3.8) is 0 Å². The molecule has 0 fully saturated rings. The summed E-state index contributed by atoms with van der Waals surface area (Å²) in [6.45, 7) is 3.22. The maximum absolute atomic E-state index is 5.55. The van der Waals surface area contributed by atoms with Gasteiger partial charge in [-0.2, -0.15) is 0 Å². The molecule has 4 nitrogen and oxygen atoms in total. The summed E-state index contributed by atoms with van der Waals surface area (Å²) in [7, 11) is 0. The highest BCUT2D eigenvalue weighted by Crippen LogP contribution is 2.15. The van der Waals surface area contributed by atoms with E-state index >= 15 is 0 Å². The Morgan fingerprint density at radius 3 is 3.07 bits per heavy atom. The fourth-order valence-electron chi connectivity index (χ4n) is 0.962. The number of rotatable bonds is 6. The molecule has 78 valence electrons. The van der Waals surface area contributed by atoms with E-state index in [1.54, 1.807) is 24.3 Å². The summed E-state index contributed by atoms with van der Waals surface area (Å²) in [5, 5.41) is 0.957. The summed E-state index contributed by atoms with van der Waals surface area (Å²) in [6, 6.07) is 1.88. The van der Waals surface area contributed by atoms with Crippen molar-refractivity contribution < 1.29 is 4.74 Å². The topological polar surface area (TPSA) is 61.0 Å². The van der Waals surface area contributed by atoms with Gasteiger partial charge in [-0.1, -0.05) is 0 Å². The van der Waals surface area contributed by atoms with E-state index in [4.69, 9.17) is 10.5 Å². The molecule has 0 aliphatic carbocycles. The number of ether oxygens (including phenoxy) is 1. The maximum Gasteiger partial charge on any atom is 0.116 e. The summed E-state index contributed by atoms with van der Waals surface area (Å²) in [6.07, 6.45) is 3.38. The molecule has 0 bridgehead atoms. The summed E-state index contributed by atoms with van der Waals surface area (Å²) in [4.78, 5) is 7.95. The molecule has 1 aromatic rings. The Morgan fingerprint density at radius 1 is 1.64 bits per heavy atom. The summed E-state index contributed by atoms with van der Waals surface area (Å²) in [5.41, 5.74) is 5.55. The predicted octanol–water partition coefficient (Wildman–Crippen LogP) is 0.932. The van der Waals surface area contributed by atoms with E-state index in [2.05, 4.69) is 9.97 Å². The van der Waals surface area contributed by atoms with E-state index in [0.717, 1.165) is 10.8 Å². The molecule has 1 heterocycles. The molecule has 14 heavy (non-hydrogen) atoms. The molecular weight excluding hydrogens is 198 g/mol. The van der Waals surface area contributed by atoms with Crippen molar-refractivity contribution in [2.75, 3.05) is 18.9 Å². The minimum absolute atomic E-state index is 0.111. The second-order valence-corrected chi connectivity index (χ2v) is 3.71. The number of nitrogens with zero attached hydrogens (tertiary/aromatic N) is 2. The third-order valence-corrected chi connectivity index (χ3v) is 2.71. The van der Waals surface area contributed by atoms with Gasteiger partial charge in [-0.3, -0.25) is 0 Å². The van der Waals surface area contributed by atoms with Crippen LogP contribution in [0.1, 0.15) is 6.92 Å². The van der Waals surface area contributed by atoms with Gasteiger partial charge in [0.25, 0.3) is 0 Å². The molecule has 1 unspecified atom stereocenters. The third kappa shape index (κ3) is 4.04. The van der Waals surface area contributed by atoms with Crippen LogP contribution in [0.3, 0.4) is 0 Å². The van der Waals surface area contributed by atoms with Gasteiger partial charge in [0.05, 0.1) is 11.1 Å². The number of hydrogen-bond donors (Lipinski definition) is 1. The van der Waals surface area contributed by atoms with Crippen LogP contribution in [0.2, 0.25) is 0 Å². The summed E-state index contributed by atoms with van der Waals surface area (Å²) < 4.78 is 5.42. The van der Waals surface area contributed by atoms with Crippen LogP contribution in [0, 0.1) is 0 Å². The highest BCUT2D eigenvalue weighted by molar-refractivity contribution is 7.99. The predicted molar refractivity (Wildman–Crippen MR) is 57.2 cm³/mol. The molecule has 2 N–H and O–H groups in total. The lowest BCUT2D eigenvalue weighted by Gasteiger charge is -2.13. The molecule has 5 heteroatoms. The smallest absolute Gasteiger partial charge is 0.116 e. The second kappa shape index (κ2) is 6.75. The second-order valence-electron chi connectivity index (χ2n) is 2.67.